The standard InChI is InChI=1S/C14H18N4O2.ClH/c1-10-8-15-6-7-17(10)13(19)9-18-12-5-3-2-4-11(12)16-14(18)20;/h2-5,10,15H,6-9H2,1H3,(H,16,20);1H/t10-;/m0./s1. The number of aromatic amines is 1. The minimum Gasteiger partial charge on any atom is -0.336 e. The molecule has 0 saturated carbocycles. The Balaban J connectivity index is 0.00000161. The van der Waals surface area contributed by atoms with Gasteiger partial charge in [-0.3, -0.25) is 9.36 Å². The molecule has 6 nitrogen and oxygen atoms in total. The zero-order valence-electron chi connectivity index (χ0n) is 11.8. The second kappa shape index (κ2) is 6.32. The van der Waals surface area contributed by atoms with Crippen molar-refractivity contribution in [2.24, 2.45) is 0 Å². The molecule has 0 bridgehead atoms. The molecule has 0 spiro atoms. The molecule has 1 aromatic heterocycles. The van der Waals surface area contributed by atoms with E-state index < -0.39 is 0 Å². The van der Waals surface area contributed by atoms with Crippen molar-refractivity contribution in [3.63, 3.8) is 0 Å². The first-order chi connectivity index (χ1) is 9.66. The minimum absolute atomic E-state index is 0. The Bertz CT molecular complexity index is 694. The van der Waals surface area contributed by atoms with Gasteiger partial charge in [0.25, 0.3) is 0 Å². The van der Waals surface area contributed by atoms with E-state index in [1.54, 1.807) is 0 Å². The molecule has 2 aromatic rings. The van der Waals surface area contributed by atoms with Gasteiger partial charge in [-0.1, -0.05) is 12.1 Å². The SMILES string of the molecule is C[C@H]1CNCCN1C(=O)Cn1c(=O)[nH]c2ccccc21.Cl. The van der Waals surface area contributed by atoms with Crippen LogP contribution in [-0.4, -0.2) is 46.0 Å². The third kappa shape index (κ3) is 2.96. The molecule has 1 amide bonds. The Morgan fingerprint density at radius 2 is 2.14 bits per heavy atom. The Kier molecular flexibility index (Phi) is 4.69. The van der Waals surface area contributed by atoms with Crippen LogP contribution >= 0.6 is 12.4 Å². The number of hydrogen-bond donors (Lipinski definition) is 2. The van der Waals surface area contributed by atoms with Crippen LogP contribution < -0.4 is 11.0 Å². The fourth-order valence-corrected chi connectivity index (χ4v) is 2.70. The summed E-state index contributed by atoms with van der Waals surface area (Å²) in [5.74, 6) is -0.00847. The summed E-state index contributed by atoms with van der Waals surface area (Å²) in [6.45, 7) is 4.40. The van der Waals surface area contributed by atoms with E-state index in [0.29, 0.717) is 6.54 Å². The summed E-state index contributed by atoms with van der Waals surface area (Å²) in [7, 11) is 0. The van der Waals surface area contributed by atoms with Crippen molar-refractivity contribution in [1.29, 1.82) is 0 Å². The molecular formula is C14H19ClN4O2. The minimum atomic E-state index is -0.234. The predicted octanol–water partition coefficient (Wildman–Crippen LogP) is 0.572. The van der Waals surface area contributed by atoms with Gasteiger partial charge in [0.05, 0.1) is 11.0 Å². The third-order valence-electron chi connectivity index (χ3n) is 3.80. The lowest BCUT2D eigenvalue weighted by Gasteiger charge is -2.34. The van der Waals surface area contributed by atoms with Crippen LogP contribution in [0.2, 0.25) is 0 Å². The fourth-order valence-electron chi connectivity index (χ4n) is 2.70. The van der Waals surface area contributed by atoms with E-state index in [2.05, 4.69) is 10.3 Å². The molecule has 1 aliphatic heterocycles. The highest BCUT2D eigenvalue weighted by Crippen LogP contribution is 2.10. The third-order valence-corrected chi connectivity index (χ3v) is 3.80. The van der Waals surface area contributed by atoms with Crippen LogP contribution in [0.3, 0.4) is 0 Å². The molecule has 3 rings (SSSR count). The summed E-state index contributed by atoms with van der Waals surface area (Å²) in [6.07, 6.45) is 0. The molecule has 7 heteroatoms. The number of para-hydroxylation sites is 2. The number of hydrogen-bond acceptors (Lipinski definition) is 3. The Hall–Kier alpha value is -1.79. The molecule has 0 unspecified atom stereocenters. The average Bonchev–Trinajstić information content (AvgIpc) is 2.76. The van der Waals surface area contributed by atoms with E-state index in [1.165, 1.54) is 4.57 Å². The van der Waals surface area contributed by atoms with Gasteiger partial charge in [0.1, 0.15) is 6.54 Å². The van der Waals surface area contributed by atoms with Gasteiger partial charge >= 0.3 is 5.69 Å². The van der Waals surface area contributed by atoms with E-state index in [4.69, 9.17) is 0 Å². The highest BCUT2D eigenvalue weighted by molar-refractivity contribution is 5.85. The average molecular weight is 311 g/mol. The molecule has 2 heterocycles. The summed E-state index contributed by atoms with van der Waals surface area (Å²) in [4.78, 5) is 29.0. The van der Waals surface area contributed by atoms with Gasteiger partial charge in [-0.2, -0.15) is 0 Å². The molecule has 1 saturated heterocycles. The Morgan fingerprint density at radius 3 is 2.90 bits per heavy atom. The molecule has 1 atom stereocenters. The van der Waals surface area contributed by atoms with Crippen LogP contribution in [0.1, 0.15) is 6.92 Å². The summed E-state index contributed by atoms with van der Waals surface area (Å²) < 4.78 is 1.51. The number of H-pyrrole nitrogens is 1. The van der Waals surface area contributed by atoms with Crippen molar-refractivity contribution in [1.82, 2.24) is 19.8 Å². The number of imidazole rings is 1. The molecule has 0 aliphatic carbocycles. The van der Waals surface area contributed by atoms with E-state index in [-0.39, 0.29) is 36.6 Å². The number of carbonyl (C=O) groups is 1. The molecule has 1 aromatic carbocycles. The van der Waals surface area contributed by atoms with Crippen molar-refractivity contribution in [2.45, 2.75) is 19.5 Å². The van der Waals surface area contributed by atoms with Crippen molar-refractivity contribution in [3.05, 3.63) is 34.7 Å². The first-order valence-corrected chi connectivity index (χ1v) is 6.84. The van der Waals surface area contributed by atoms with Gasteiger partial charge in [0.15, 0.2) is 0 Å². The lowest BCUT2D eigenvalue weighted by Crippen LogP contribution is -2.53. The van der Waals surface area contributed by atoms with E-state index in [0.717, 1.165) is 24.1 Å². The largest absolute Gasteiger partial charge is 0.336 e. The number of fused-ring (bicyclic) bond motifs is 1. The first kappa shape index (κ1) is 15.6. The van der Waals surface area contributed by atoms with Gasteiger partial charge in [0.2, 0.25) is 5.91 Å². The van der Waals surface area contributed by atoms with Gasteiger partial charge in [-0.15, -0.1) is 12.4 Å². The molecule has 1 aliphatic rings. The predicted molar refractivity (Wildman–Crippen MR) is 83.9 cm³/mol. The first-order valence-electron chi connectivity index (χ1n) is 6.84. The smallest absolute Gasteiger partial charge is 0.326 e. The normalized spacial score (nSPS) is 18.5. The molecule has 1 fully saturated rings. The van der Waals surface area contributed by atoms with Crippen molar-refractivity contribution in [3.8, 4) is 0 Å². The van der Waals surface area contributed by atoms with Gasteiger partial charge in [-0.05, 0) is 19.1 Å². The van der Waals surface area contributed by atoms with Crippen LogP contribution in [-0.2, 0) is 11.3 Å². The maximum Gasteiger partial charge on any atom is 0.326 e. The lowest BCUT2D eigenvalue weighted by molar-refractivity contribution is -0.134. The van der Waals surface area contributed by atoms with Gasteiger partial charge in [-0.25, -0.2) is 4.79 Å². The number of nitrogens with zero attached hydrogens (tertiary/aromatic N) is 2. The van der Waals surface area contributed by atoms with Crippen molar-refractivity contribution in [2.75, 3.05) is 19.6 Å². The monoisotopic (exact) mass is 310 g/mol. The number of amides is 1. The number of piperazine rings is 1. The maximum atomic E-state index is 12.4. The molecule has 21 heavy (non-hydrogen) atoms. The molecule has 0 radical (unpaired) electrons. The van der Waals surface area contributed by atoms with E-state index in [9.17, 15) is 9.59 Å². The van der Waals surface area contributed by atoms with Gasteiger partial charge < -0.3 is 15.2 Å². The van der Waals surface area contributed by atoms with Crippen LogP contribution in [0.25, 0.3) is 11.0 Å². The summed E-state index contributed by atoms with van der Waals surface area (Å²) in [5.41, 5.74) is 1.30. The summed E-state index contributed by atoms with van der Waals surface area (Å²) in [5, 5.41) is 3.25. The zero-order valence-corrected chi connectivity index (χ0v) is 12.7. The molecule has 114 valence electrons. The fraction of sp³-hybridized carbons (Fsp3) is 0.429. The van der Waals surface area contributed by atoms with E-state index >= 15 is 0 Å². The quantitative estimate of drug-likeness (QED) is 0.852. The zero-order chi connectivity index (χ0) is 14.1. The lowest BCUT2D eigenvalue weighted by atomic mass is 10.2. The Morgan fingerprint density at radius 1 is 1.38 bits per heavy atom. The summed E-state index contributed by atoms with van der Waals surface area (Å²) >= 11 is 0. The second-order valence-electron chi connectivity index (χ2n) is 5.17. The number of rotatable bonds is 2. The van der Waals surface area contributed by atoms with Crippen LogP contribution in [0.15, 0.2) is 29.1 Å². The number of aromatic nitrogens is 2. The van der Waals surface area contributed by atoms with Crippen molar-refractivity contribution >= 4 is 29.3 Å². The van der Waals surface area contributed by atoms with E-state index in [1.807, 2.05) is 36.1 Å². The topological polar surface area (TPSA) is 70.1 Å². The summed E-state index contributed by atoms with van der Waals surface area (Å²) in [6, 6.07) is 7.58. The maximum absolute atomic E-state index is 12.4. The number of benzene rings is 1. The van der Waals surface area contributed by atoms with Crippen molar-refractivity contribution < 1.29 is 4.79 Å². The molecule has 2 N–H and O–H groups in total. The van der Waals surface area contributed by atoms with Crippen LogP contribution in [0.4, 0.5) is 0 Å². The van der Waals surface area contributed by atoms with Gasteiger partial charge in [0, 0.05) is 25.7 Å². The van der Waals surface area contributed by atoms with Crippen LogP contribution in [0, 0.1) is 0 Å². The molecular weight excluding hydrogens is 292 g/mol. The Labute approximate surface area is 128 Å². The number of nitrogens with one attached hydrogen (secondary N) is 2. The van der Waals surface area contributed by atoms with Crippen LogP contribution in [0.5, 0.6) is 0 Å². The highest BCUT2D eigenvalue weighted by atomic mass is 35.5. The number of halogens is 1. The number of carbonyl (C=O) groups excluding carboxylic acids is 1. The second-order valence-corrected chi connectivity index (χ2v) is 5.17. The highest BCUT2D eigenvalue weighted by Gasteiger charge is 2.23.